The van der Waals surface area contributed by atoms with Crippen LogP contribution in [0.4, 0.5) is 0 Å². The van der Waals surface area contributed by atoms with Crippen molar-refractivity contribution in [3.63, 3.8) is 0 Å². The molecule has 17 heavy (non-hydrogen) atoms. The zero-order valence-corrected chi connectivity index (χ0v) is 11.3. The van der Waals surface area contributed by atoms with Gasteiger partial charge in [0.15, 0.2) is 0 Å². The van der Waals surface area contributed by atoms with Crippen LogP contribution in [0.15, 0.2) is 41.0 Å². The molecule has 0 amide bonds. The Hall–Kier alpha value is -1.13. The number of aromatic nitrogens is 2. The molecule has 4 heteroatoms. The second kappa shape index (κ2) is 5.47. The molecule has 1 N–H and O–H groups in total. The highest BCUT2D eigenvalue weighted by Crippen LogP contribution is 2.14. The highest BCUT2D eigenvalue weighted by atomic mass is 79.9. The highest BCUT2D eigenvalue weighted by Gasteiger charge is 2.08. The number of halogens is 1. The van der Waals surface area contributed by atoms with Crippen molar-refractivity contribution in [3.05, 3.63) is 52.3 Å². The molecule has 2 rings (SSSR count). The molecule has 0 saturated carbocycles. The van der Waals surface area contributed by atoms with Crippen molar-refractivity contribution in [3.8, 4) is 0 Å². The molecule has 0 fully saturated rings. The fraction of sp³-hybridized carbons (Fsp3) is 0.308. The molecule has 1 heterocycles. The number of aliphatic hydroxyl groups is 1. The normalized spacial score (nSPS) is 12.6. The molecule has 2 aromatic rings. The summed E-state index contributed by atoms with van der Waals surface area (Å²) in [5.41, 5.74) is 2.08. The predicted octanol–water partition coefficient (Wildman–Crippen LogP) is 2.56. The maximum atomic E-state index is 9.98. The van der Waals surface area contributed by atoms with Crippen molar-refractivity contribution >= 4 is 15.9 Å². The molecule has 1 unspecified atom stereocenters. The van der Waals surface area contributed by atoms with Gasteiger partial charge < -0.3 is 5.11 Å². The fourth-order valence-electron chi connectivity index (χ4n) is 1.75. The van der Waals surface area contributed by atoms with E-state index in [0.717, 1.165) is 15.7 Å². The van der Waals surface area contributed by atoms with Crippen LogP contribution in [0.5, 0.6) is 0 Å². The number of benzene rings is 1. The van der Waals surface area contributed by atoms with Gasteiger partial charge in [-0.1, -0.05) is 30.3 Å². The van der Waals surface area contributed by atoms with E-state index >= 15 is 0 Å². The first-order valence-corrected chi connectivity index (χ1v) is 6.36. The molecule has 3 nitrogen and oxygen atoms in total. The van der Waals surface area contributed by atoms with Crippen LogP contribution >= 0.6 is 15.9 Å². The Balaban J connectivity index is 1.95. The first kappa shape index (κ1) is 12.3. The summed E-state index contributed by atoms with van der Waals surface area (Å²) in [6.45, 7) is 2.45. The van der Waals surface area contributed by atoms with E-state index < -0.39 is 6.10 Å². The smallest absolute Gasteiger partial charge is 0.0776 e. The van der Waals surface area contributed by atoms with Crippen LogP contribution < -0.4 is 0 Å². The zero-order chi connectivity index (χ0) is 12.3. The van der Waals surface area contributed by atoms with Gasteiger partial charge in [0, 0.05) is 12.6 Å². The van der Waals surface area contributed by atoms with Crippen molar-refractivity contribution in [1.29, 1.82) is 0 Å². The van der Waals surface area contributed by atoms with Gasteiger partial charge in [-0.15, -0.1) is 0 Å². The summed E-state index contributed by atoms with van der Waals surface area (Å²) >= 11 is 3.41. The van der Waals surface area contributed by atoms with Crippen LogP contribution in [-0.2, 0) is 13.0 Å². The van der Waals surface area contributed by atoms with E-state index in [2.05, 4.69) is 21.0 Å². The van der Waals surface area contributed by atoms with Gasteiger partial charge in [0.05, 0.1) is 22.8 Å². The quantitative estimate of drug-likeness (QED) is 0.941. The van der Waals surface area contributed by atoms with E-state index in [1.54, 1.807) is 4.68 Å². The lowest BCUT2D eigenvalue weighted by Crippen LogP contribution is -2.19. The van der Waals surface area contributed by atoms with E-state index in [-0.39, 0.29) is 0 Å². The molecule has 1 aromatic carbocycles. The largest absolute Gasteiger partial charge is 0.391 e. The number of hydrogen-bond acceptors (Lipinski definition) is 2. The SMILES string of the molecule is Cc1nn(CC(O)Cc2ccccc2)cc1Br. The summed E-state index contributed by atoms with van der Waals surface area (Å²) < 4.78 is 2.75. The molecule has 0 bridgehead atoms. The molecule has 0 aliphatic carbocycles. The highest BCUT2D eigenvalue weighted by molar-refractivity contribution is 9.10. The number of aryl methyl sites for hydroxylation is 1. The summed E-state index contributed by atoms with van der Waals surface area (Å²) in [6, 6.07) is 9.98. The van der Waals surface area contributed by atoms with Gasteiger partial charge in [0.25, 0.3) is 0 Å². The lowest BCUT2D eigenvalue weighted by molar-refractivity contribution is 0.149. The average Bonchev–Trinajstić information content (AvgIpc) is 2.59. The maximum absolute atomic E-state index is 9.98. The molecule has 0 saturated heterocycles. The van der Waals surface area contributed by atoms with Crippen LogP contribution in [0.1, 0.15) is 11.3 Å². The number of nitrogens with zero attached hydrogens (tertiary/aromatic N) is 2. The van der Waals surface area contributed by atoms with Crippen molar-refractivity contribution in [2.24, 2.45) is 0 Å². The molecule has 90 valence electrons. The monoisotopic (exact) mass is 294 g/mol. The first-order valence-electron chi connectivity index (χ1n) is 5.56. The van der Waals surface area contributed by atoms with Crippen molar-refractivity contribution < 1.29 is 5.11 Å². The van der Waals surface area contributed by atoms with Crippen molar-refractivity contribution in [2.75, 3.05) is 0 Å². The Morgan fingerprint density at radius 3 is 2.65 bits per heavy atom. The third-order valence-electron chi connectivity index (χ3n) is 2.60. The number of aliphatic hydroxyl groups excluding tert-OH is 1. The Morgan fingerprint density at radius 2 is 2.06 bits per heavy atom. The minimum atomic E-state index is -0.413. The van der Waals surface area contributed by atoms with Crippen LogP contribution in [0.3, 0.4) is 0 Å². The van der Waals surface area contributed by atoms with Gasteiger partial charge in [0.2, 0.25) is 0 Å². The van der Waals surface area contributed by atoms with E-state index in [1.165, 1.54) is 0 Å². The first-order chi connectivity index (χ1) is 8.15. The van der Waals surface area contributed by atoms with E-state index in [0.29, 0.717) is 13.0 Å². The second-order valence-electron chi connectivity index (χ2n) is 4.13. The molecular formula is C13H15BrN2O. The summed E-state index contributed by atoms with van der Waals surface area (Å²) in [4.78, 5) is 0. The number of hydrogen-bond donors (Lipinski definition) is 1. The third kappa shape index (κ3) is 3.41. The summed E-state index contributed by atoms with van der Waals surface area (Å²) in [5.74, 6) is 0. The minimum Gasteiger partial charge on any atom is -0.391 e. The Labute approximate surface area is 109 Å². The molecule has 0 aliphatic rings. The van der Waals surface area contributed by atoms with Gasteiger partial charge in [-0.2, -0.15) is 5.10 Å². The topological polar surface area (TPSA) is 38.0 Å². The second-order valence-corrected chi connectivity index (χ2v) is 4.98. The molecular weight excluding hydrogens is 280 g/mol. The lowest BCUT2D eigenvalue weighted by Gasteiger charge is -2.10. The standard InChI is InChI=1S/C13H15BrN2O/c1-10-13(14)9-16(15-10)8-12(17)7-11-5-3-2-4-6-11/h2-6,9,12,17H,7-8H2,1H3. The van der Waals surface area contributed by atoms with Gasteiger partial charge in [-0.3, -0.25) is 4.68 Å². The van der Waals surface area contributed by atoms with Crippen LogP contribution in [0, 0.1) is 6.92 Å². The maximum Gasteiger partial charge on any atom is 0.0776 e. The minimum absolute atomic E-state index is 0.413. The molecule has 0 radical (unpaired) electrons. The zero-order valence-electron chi connectivity index (χ0n) is 9.68. The van der Waals surface area contributed by atoms with Gasteiger partial charge in [0.1, 0.15) is 0 Å². The summed E-state index contributed by atoms with van der Waals surface area (Å²) in [6.07, 6.45) is 2.13. The Bertz CT molecular complexity index is 462. The summed E-state index contributed by atoms with van der Waals surface area (Å²) in [7, 11) is 0. The van der Waals surface area contributed by atoms with E-state index in [1.807, 2.05) is 43.5 Å². The van der Waals surface area contributed by atoms with E-state index in [9.17, 15) is 5.11 Å². The van der Waals surface area contributed by atoms with Crippen LogP contribution in [0.2, 0.25) is 0 Å². The fourth-order valence-corrected chi connectivity index (χ4v) is 2.07. The predicted molar refractivity (Wildman–Crippen MR) is 70.8 cm³/mol. The summed E-state index contributed by atoms with van der Waals surface area (Å²) in [5, 5.41) is 14.3. The Kier molecular flexibility index (Phi) is 3.97. The average molecular weight is 295 g/mol. The van der Waals surface area contributed by atoms with Crippen molar-refractivity contribution in [2.45, 2.75) is 26.0 Å². The van der Waals surface area contributed by atoms with Crippen LogP contribution in [0.25, 0.3) is 0 Å². The van der Waals surface area contributed by atoms with Crippen molar-refractivity contribution in [1.82, 2.24) is 9.78 Å². The third-order valence-corrected chi connectivity index (χ3v) is 3.38. The van der Waals surface area contributed by atoms with Gasteiger partial charge >= 0.3 is 0 Å². The molecule has 1 aromatic heterocycles. The van der Waals surface area contributed by atoms with Crippen LogP contribution in [-0.4, -0.2) is 21.0 Å². The molecule has 0 aliphatic heterocycles. The molecule has 0 spiro atoms. The number of rotatable bonds is 4. The van der Waals surface area contributed by atoms with E-state index in [4.69, 9.17) is 0 Å². The van der Waals surface area contributed by atoms with Gasteiger partial charge in [-0.25, -0.2) is 0 Å². The van der Waals surface area contributed by atoms with Gasteiger partial charge in [-0.05, 0) is 28.4 Å². The Morgan fingerprint density at radius 1 is 1.35 bits per heavy atom. The molecule has 1 atom stereocenters. The lowest BCUT2D eigenvalue weighted by atomic mass is 10.1.